The lowest BCUT2D eigenvalue weighted by Crippen LogP contribution is -2.38. The molecule has 10 nitrogen and oxygen atoms in total. The zero-order valence-electron chi connectivity index (χ0n) is 22.3. The molecule has 1 fully saturated rings. The molecule has 1 aromatic heterocycles. The summed E-state index contributed by atoms with van der Waals surface area (Å²) in [7, 11) is 1.59. The van der Waals surface area contributed by atoms with Crippen molar-refractivity contribution in [2.24, 2.45) is 0 Å². The Balaban J connectivity index is 1.38. The zero-order chi connectivity index (χ0) is 27.5. The van der Waals surface area contributed by atoms with Crippen LogP contribution in [0.1, 0.15) is 28.9 Å². The van der Waals surface area contributed by atoms with Crippen LogP contribution in [0.3, 0.4) is 0 Å². The quantitative estimate of drug-likeness (QED) is 0.251. The van der Waals surface area contributed by atoms with E-state index in [0.29, 0.717) is 35.9 Å². The Morgan fingerprint density at radius 3 is 2.62 bits per heavy atom. The van der Waals surface area contributed by atoms with E-state index >= 15 is 0 Å². The van der Waals surface area contributed by atoms with Crippen LogP contribution in [-0.2, 0) is 11.3 Å². The zero-order valence-corrected chi connectivity index (χ0v) is 22.3. The molecule has 1 aliphatic heterocycles. The van der Waals surface area contributed by atoms with E-state index in [4.69, 9.17) is 15.2 Å². The number of methoxy groups -OCH3 is 1. The molecule has 0 bridgehead atoms. The number of nitrogens with two attached hydrogens (primary N) is 1. The number of pyridine rings is 1. The number of unbranched alkanes of at least 4 members (excludes halogenated alkanes) is 1. The highest BCUT2D eigenvalue weighted by Crippen LogP contribution is 2.19. The second-order valence-corrected chi connectivity index (χ2v) is 9.34. The maximum Gasteiger partial charge on any atom is 0.322 e. The molecule has 1 saturated heterocycles. The fraction of sp³-hybridized carbons (Fsp3) is 0.345. The van der Waals surface area contributed by atoms with Gasteiger partial charge in [0.1, 0.15) is 11.4 Å². The number of hydrogen-bond donors (Lipinski definition) is 3. The van der Waals surface area contributed by atoms with Crippen molar-refractivity contribution in [3.05, 3.63) is 78.1 Å². The number of amides is 3. The molecular weight excluding hydrogens is 496 g/mol. The van der Waals surface area contributed by atoms with Crippen molar-refractivity contribution < 1.29 is 19.1 Å². The first-order chi connectivity index (χ1) is 19.0. The molecular formula is C29H36N6O4. The minimum Gasteiger partial charge on any atom is -0.497 e. The van der Waals surface area contributed by atoms with Gasteiger partial charge in [0.2, 0.25) is 0 Å². The maximum atomic E-state index is 13.3. The lowest BCUT2D eigenvalue weighted by molar-refractivity contribution is 0.0370. The summed E-state index contributed by atoms with van der Waals surface area (Å²) in [5.41, 5.74) is 8.68. The summed E-state index contributed by atoms with van der Waals surface area (Å²) in [6.45, 7) is 5.35. The van der Waals surface area contributed by atoms with Crippen LogP contribution in [0.4, 0.5) is 21.9 Å². The molecule has 4 N–H and O–H groups in total. The van der Waals surface area contributed by atoms with Crippen molar-refractivity contribution in [1.29, 1.82) is 0 Å². The first-order valence-electron chi connectivity index (χ1n) is 13.1. The van der Waals surface area contributed by atoms with Crippen molar-refractivity contribution in [2.75, 3.05) is 62.9 Å². The summed E-state index contributed by atoms with van der Waals surface area (Å²) in [6.07, 6.45) is 3.46. The Hall–Kier alpha value is -4.15. The van der Waals surface area contributed by atoms with Gasteiger partial charge >= 0.3 is 6.03 Å². The molecule has 1 aliphatic rings. The van der Waals surface area contributed by atoms with E-state index in [-0.39, 0.29) is 17.6 Å². The summed E-state index contributed by atoms with van der Waals surface area (Å²) in [6, 6.07) is 17.6. The fourth-order valence-electron chi connectivity index (χ4n) is 4.29. The number of aromatic nitrogens is 1. The van der Waals surface area contributed by atoms with Crippen molar-refractivity contribution >= 4 is 29.0 Å². The number of morpholine rings is 1. The Bertz CT molecular complexity index is 1230. The Morgan fingerprint density at radius 2 is 1.87 bits per heavy atom. The third-order valence-corrected chi connectivity index (χ3v) is 6.50. The monoisotopic (exact) mass is 532 g/mol. The molecule has 2 heterocycles. The summed E-state index contributed by atoms with van der Waals surface area (Å²) >= 11 is 0. The van der Waals surface area contributed by atoms with Crippen LogP contribution in [0.2, 0.25) is 0 Å². The molecule has 0 atom stereocenters. The van der Waals surface area contributed by atoms with E-state index in [1.165, 1.54) is 0 Å². The molecule has 10 heteroatoms. The number of carbonyl (C=O) groups excluding carboxylic acids is 2. The van der Waals surface area contributed by atoms with Crippen LogP contribution in [0.5, 0.6) is 5.75 Å². The number of benzene rings is 2. The molecule has 206 valence electrons. The van der Waals surface area contributed by atoms with Gasteiger partial charge in [0.05, 0.1) is 31.7 Å². The standard InChI is InChI=1S/C29H36N6O4/c1-38-24-8-6-7-23(19-24)32-29(37)35(14-5-4-13-34-15-17-39-18-16-34)21-22-11-12-27(31-20-22)28(36)33-26-10-3-2-9-25(26)30/h2-3,6-12,19-20H,4-5,13-18,21,30H2,1H3,(H,32,37)(H,33,36). The largest absolute Gasteiger partial charge is 0.497 e. The molecule has 0 saturated carbocycles. The van der Waals surface area contributed by atoms with Crippen molar-refractivity contribution in [3.8, 4) is 5.75 Å². The number of urea groups is 1. The third kappa shape index (κ3) is 8.42. The van der Waals surface area contributed by atoms with Gasteiger partial charge in [-0.3, -0.25) is 14.7 Å². The van der Waals surface area contributed by atoms with Gasteiger partial charge in [-0.05, 0) is 55.3 Å². The Kier molecular flexibility index (Phi) is 10.1. The number of nitrogens with one attached hydrogen (secondary N) is 2. The predicted octanol–water partition coefficient (Wildman–Crippen LogP) is 4.07. The van der Waals surface area contributed by atoms with E-state index in [1.54, 1.807) is 54.6 Å². The lowest BCUT2D eigenvalue weighted by atomic mass is 10.2. The highest BCUT2D eigenvalue weighted by molar-refractivity contribution is 6.04. The minimum atomic E-state index is -0.352. The van der Waals surface area contributed by atoms with Gasteiger partial charge in [0.25, 0.3) is 5.91 Å². The first kappa shape index (κ1) is 27.9. The molecule has 0 spiro atoms. The molecule has 4 rings (SSSR count). The van der Waals surface area contributed by atoms with Gasteiger partial charge in [-0.1, -0.05) is 24.3 Å². The number of nitrogen functional groups attached to an aromatic ring is 1. The highest BCUT2D eigenvalue weighted by atomic mass is 16.5. The van der Waals surface area contributed by atoms with Crippen LogP contribution < -0.4 is 21.1 Å². The molecule has 0 unspecified atom stereocenters. The normalized spacial score (nSPS) is 13.5. The average Bonchev–Trinajstić information content (AvgIpc) is 2.96. The number of ether oxygens (including phenoxy) is 2. The average molecular weight is 533 g/mol. The smallest absolute Gasteiger partial charge is 0.322 e. The van der Waals surface area contributed by atoms with Gasteiger partial charge in [-0.15, -0.1) is 0 Å². The topological polar surface area (TPSA) is 122 Å². The molecule has 3 amide bonds. The second-order valence-electron chi connectivity index (χ2n) is 9.34. The second kappa shape index (κ2) is 14.1. The van der Waals surface area contributed by atoms with E-state index in [2.05, 4.69) is 20.5 Å². The molecule has 2 aromatic carbocycles. The number of rotatable bonds is 11. The number of carbonyl (C=O) groups is 2. The molecule has 3 aromatic rings. The number of nitrogens with zero attached hydrogens (tertiary/aromatic N) is 3. The predicted molar refractivity (Wildman–Crippen MR) is 152 cm³/mol. The van der Waals surface area contributed by atoms with Gasteiger partial charge < -0.3 is 30.7 Å². The van der Waals surface area contributed by atoms with E-state index in [0.717, 1.165) is 51.3 Å². The molecule has 0 aliphatic carbocycles. The van der Waals surface area contributed by atoms with Crippen LogP contribution in [-0.4, -0.2) is 73.2 Å². The maximum absolute atomic E-state index is 13.3. The van der Waals surface area contributed by atoms with Gasteiger partial charge in [-0.2, -0.15) is 0 Å². The summed E-state index contributed by atoms with van der Waals surface area (Å²) in [4.78, 5) is 34.4. The lowest BCUT2D eigenvalue weighted by Gasteiger charge is -2.27. The Morgan fingerprint density at radius 1 is 1.05 bits per heavy atom. The van der Waals surface area contributed by atoms with Crippen LogP contribution in [0.15, 0.2) is 66.9 Å². The number of anilines is 3. The summed E-state index contributed by atoms with van der Waals surface area (Å²) in [5.74, 6) is 0.315. The Labute approximate surface area is 229 Å². The third-order valence-electron chi connectivity index (χ3n) is 6.50. The van der Waals surface area contributed by atoms with Gasteiger partial charge in [0, 0.05) is 44.1 Å². The highest BCUT2D eigenvalue weighted by Gasteiger charge is 2.17. The van der Waals surface area contributed by atoms with Gasteiger partial charge in [-0.25, -0.2) is 4.79 Å². The number of hydrogen-bond acceptors (Lipinski definition) is 7. The minimum absolute atomic E-state index is 0.212. The number of para-hydroxylation sites is 2. The van der Waals surface area contributed by atoms with E-state index < -0.39 is 0 Å². The van der Waals surface area contributed by atoms with Crippen molar-refractivity contribution in [3.63, 3.8) is 0 Å². The van der Waals surface area contributed by atoms with Crippen molar-refractivity contribution in [1.82, 2.24) is 14.8 Å². The van der Waals surface area contributed by atoms with Crippen LogP contribution in [0.25, 0.3) is 0 Å². The van der Waals surface area contributed by atoms with E-state index in [9.17, 15) is 9.59 Å². The van der Waals surface area contributed by atoms with Gasteiger partial charge in [0.15, 0.2) is 0 Å². The molecule has 0 radical (unpaired) electrons. The SMILES string of the molecule is COc1cccc(NC(=O)N(CCCCN2CCOCC2)Cc2ccc(C(=O)Nc3ccccc3N)nc2)c1. The molecule has 39 heavy (non-hydrogen) atoms. The van der Waals surface area contributed by atoms with Crippen LogP contribution in [0, 0.1) is 0 Å². The summed E-state index contributed by atoms with van der Waals surface area (Å²) in [5, 5.41) is 5.75. The fourth-order valence-corrected chi connectivity index (χ4v) is 4.29. The van der Waals surface area contributed by atoms with Crippen molar-refractivity contribution in [2.45, 2.75) is 19.4 Å². The summed E-state index contributed by atoms with van der Waals surface area (Å²) < 4.78 is 10.7. The van der Waals surface area contributed by atoms with Crippen LogP contribution >= 0.6 is 0 Å². The first-order valence-corrected chi connectivity index (χ1v) is 13.1. The van der Waals surface area contributed by atoms with E-state index in [1.807, 2.05) is 24.3 Å².